The topological polar surface area (TPSA) is 76.1 Å². The van der Waals surface area contributed by atoms with Crippen molar-refractivity contribution in [3.8, 4) is 5.75 Å². The van der Waals surface area contributed by atoms with Gasteiger partial charge in [-0.2, -0.15) is 0 Å². The Hall–Kier alpha value is -2.15. The van der Waals surface area contributed by atoms with Gasteiger partial charge in [0.25, 0.3) is 5.91 Å². The van der Waals surface area contributed by atoms with E-state index in [4.69, 9.17) is 4.74 Å². The summed E-state index contributed by atoms with van der Waals surface area (Å²) >= 11 is 1.27. The first-order valence-corrected chi connectivity index (χ1v) is 6.30. The molecule has 0 atom stereocenters. The van der Waals surface area contributed by atoms with E-state index >= 15 is 0 Å². The number of carbonyl (C=O) groups excluding carboxylic acids is 1. The standard InChI is InChI=1S/C11H10N4O2S/c16-10(14-11-15-13-6-18-11)7-2-1-3-8-9(7)17-5-4-12-8/h1-3,6,12H,4-5H2,(H,14,15,16). The van der Waals surface area contributed by atoms with Crippen LogP contribution in [0, 0.1) is 0 Å². The van der Waals surface area contributed by atoms with Crippen molar-refractivity contribution >= 4 is 28.1 Å². The lowest BCUT2D eigenvalue weighted by Crippen LogP contribution is -2.21. The van der Waals surface area contributed by atoms with Crippen LogP contribution in [0.5, 0.6) is 5.75 Å². The Morgan fingerprint density at radius 1 is 1.50 bits per heavy atom. The number of aromatic nitrogens is 2. The molecule has 3 rings (SSSR count). The van der Waals surface area contributed by atoms with Crippen molar-refractivity contribution in [3.63, 3.8) is 0 Å². The van der Waals surface area contributed by atoms with E-state index in [0.29, 0.717) is 23.1 Å². The molecule has 0 bridgehead atoms. The molecule has 0 fully saturated rings. The van der Waals surface area contributed by atoms with E-state index in [-0.39, 0.29) is 5.91 Å². The van der Waals surface area contributed by atoms with Crippen LogP contribution in [0.2, 0.25) is 0 Å². The molecule has 0 saturated carbocycles. The summed E-state index contributed by atoms with van der Waals surface area (Å²) < 4.78 is 5.54. The molecule has 92 valence electrons. The van der Waals surface area contributed by atoms with E-state index < -0.39 is 0 Å². The highest BCUT2D eigenvalue weighted by Gasteiger charge is 2.19. The first-order valence-electron chi connectivity index (χ1n) is 5.42. The maximum absolute atomic E-state index is 12.1. The molecular formula is C11H10N4O2S. The van der Waals surface area contributed by atoms with Crippen molar-refractivity contribution < 1.29 is 9.53 Å². The van der Waals surface area contributed by atoms with Gasteiger partial charge in [-0.15, -0.1) is 10.2 Å². The summed E-state index contributed by atoms with van der Waals surface area (Å²) in [7, 11) is 0. The zero-order valence-electron chi connectivity index (χ0n) is 9.34. The minimum atomic E-state index is -0.243. The van der Waals surface area contributed by atoms with Gasteiger partial charge in [-0.25, -0.2) is 0 Å². The third kappa shape index (κ3) is 2.00. The summed E-state index contributed by atoms with van der Waals surface area (Å²) in [6.07, 6.45) is 0. The molecule has 1 aliphatic rings. The van der Waals surface area contributed by atoms with E-state index in [1.165, 1.54) is 11.3 Å². The van der Waals surface area contributed by atoms with Crippen LogP contribution in [-0.2, 0) is 0 Å². The predicted octanol–water partition coefficient (Wildman–Crippen LogP) is 1.59. The van der Waals surface area contributed by atoms with Crippen LogP contribution in [0.3, 0.4) is 0 Å². The van der Waals surface area contributed by atoms with Crippen molar-refractivity contribution in [2.75, 3.05) is 23.8 Å². The first kappa shape index (κ1) is 11.0. The van der Waals surface area contributed by atoms with Gasteiger partial charge in [-0.05, 0) is 12.1 Å². The first-order chi connectivity index (χ1) is 8.84. The van der Waals surface area contributed by atoms with Gasteiger partial charge in [0.15, 0.2) is 5.75 Å². The van der Waals surface area contributed by atoms with Crippen molar-refractivity contribution in [1.82, 2.24) is 10.2 Å². The van der Waals surface area contributed by atoms with Crippen LogP contribution >= 0.6 is 11.3 Å². The fourth-order valence-electron chi connectivity index (χ4n) is 1.74. The Labute approximate surface area is 107 Å². The van der Waals surface area contributed by atoms with Crippen molar-refractivity contribution in [2.24, 2.45) is 0 Å². The zero-order chi connectivity index (χ0) is 12.4. The molecule has 18 heavy (non-hydrogen) atoms. The fourth-order valence-corrected chi connectivity index (χ4v) is 2.18. The Morgan fingerprint density at radius 3 is 3.28 bits per heavy atom. The molecule has 1 amide bonds. The average molecular weight is 262 g/mol. The fraction of sp³-hybridized carbons (Fsp3) is 0.182. The zero-order valence-corrected chi connectivity index (χ0v) is 10.2. The second-order valence-electron chi connectivity index (χ2n) is 3.66. The van der Waals surface area contributed by atoms with Crippen LogP contribution in [-0.4, -0.2) is 29.3 Å². The molecule has 6 nitrogen and oxygen atoms in total. The Balaban J connectivity index is 1.89. The summed E-state index contributed by atoms with van der Waals surface area (Å²) in [4.78, 5) is 12.1. The number of benzene rings is 1. The Kier molecular flexibility index (Phi) is 2.81. The molecule has 7 heteroatoms. The summed E-state index contributed by atoms with van der Waals surface area (Å²) in [5, 5.41) is 13.8. The van der Waals surface area contributed by atoms with Gasteiger partial charge in [-0.1, -0.05) is 17.4 Å². The molecular weight excluding hydrogens is 252 g/mol. The summed E-state index contributed by atoms with van der Waals surface area (Å²) in [6, 6.07) is 5.42. The lowest BCUT2D eigenvalue weighted by Gasteiger charge is -2.21. The molecule has 0 saturated heterocycles. The molecule has 2 N–H and O–H groups in total. The van der Waals surface area contributed by atoms with Crippen molar-refractivity contribution in [1.29, 1.82) is 0 Å². The van der Waals surface area contributed by atoms with Crippen LogP contribution < -0.4 is 15.4 Å². The van der Waals surface area contributed by atoms with Crippen molar-refractivity contribution in [2.45, 2.75) is 0 Å². The highest BCUT2D eigenvalue weighted by molar-refractivity contribution is 7.13. The smallest absolute Gasteiger partial charge is 0.261 e. The molecule has 0 spiro atoms. The van der Waals surface area contributed by atoms with Crippen LogP contribution in [0.1, 0.15) is 10.4 Å². The lowest BCUT2D eigenvalue weighted by molar-refractivity contribution is 0.102. The molecule has 2 aromatic rings. The van der Waals surface area contributed by atoms with Gasteiger partial charge in [0.2, 0.25) is 5.13 Å². The minimum absolute atomic E-state index is 0.243. The SMILES string of the molecule is O=C(Nc1nncs1)c1cccc2c1OCCN2. The lowest BCUT2D eigenvalue weighted by atomic mass is 10.1. The minimum Gasteiger partial charge on any atom is -0.489 e. The van der Waals surface area contributed by atoms with Crippen molar-refractivity contribution in [3.05, 3.63) is 29.3 Å². The van der Waals surface area contributed by atoms with E-state index in [0.717, 1.165) is 12.2 Å². The molecule has 1 aromatic heterocycles. The Morgan fingerprint density at radius 2 is 2.44 bits per heavy atom. The molecule has 2 heterocycles. The molecule has 0 unspecified atom stereocenters. The van der Waals surface area contributed by atoms with Gasteiger partial charge in [-0.3, -0.25) is 10.1 Å². The summed E-state index contributed by atoms with van der Waals surface area (Å²) in [5.74, 6) is 0.345. The monoisotopic (exact) mass is 262 g/mol. The van der Waals surface area contributed by atoms with Gasteiger partial charge >= 0.3 is 0 Å². The number of anilines is 2. The number of carbonyl (C=O) groups is 1. The van der Waals surface area contributed by atoms with E-state index in [2.05, 4.69) is 20.8 Å². The average Bonchev–Trinajstić information content (AvgIpc) is 2.91. The molecule has 0 radical (unpaired) electrons. The number of amides is 1. The van der Waals surface area contributed by atoms with E-state index in [1.54, 1.807) is 11.6 Å². The maximum atomic E-state index is 12.1. The summed E-state index contributed by atoms with van der Waals surface area (Å²) in [6.45, 7) is 1.30. The normalized spacial score (nSPS) is 13.1. The number of fused-ring (bicyclic) bond motifs is 1. The number of ether oxygens (including phenoxy) is 1. The molecule has 0 aliphatic carbocycles. The van der Waals surface area contributed by atoms with Crippen LogP contribution in [0.25, 0.3) is 0 Å². The number of rotatable bonds is 2. The molecule has 1 aromatic carbocycles. The number of hydrogen-bond donors (Lipinski definition) is 2. The van der Waals surface area contributed by atoms with Gasteiger partial charge in [0, 0.05) is 6.54 Å². The largest absolute Gasteiger partial charge is 0.489 e. The second kappa shape index (κ2) is 4.61. The maximum Gasteiger partial charge on any atom is 0.261 e. The predicted molar refractivity (Wildman–Crippen MR) is 68.3 cm³/mol. The van der Waals surface area contributed by atoms with Gasteiger partial charge in [0.1, 0.15) is 12.1 Å². The number of nitrogens with zero attached hydrogens (tertiary/aromatic N) is 2. The third-order valence-corrected chi connectivity index (χ3v) is 3.11. The highest BCUT2D eigenvalue weighted by atomic mass is 32.1. The quantitative estimate of drug-likeness (QED) is 0.859. The Bertz CT molecular complexity index is 570. The molecule has 1 aliphatic heterocycles. The highest BCUT2D eigenvalue weighted by Crippen LogP contribution is 2.31. The van der Waals surface area contributed by atoms with Crippen LogP contribution in [0.4, 0.5) is 10.8 Å². The number of nitrogens with one attached hydrogen (secondary N) is 2. The van der Waals surface area contributed by atoms with Gasteiger partial charge < -0.3 is 10.1 Å². The number of para-hydroxylation sites is 1. The van der Waals surface area contributed by atoms with E-state index in [1.807, 2.05) is 12.1 Å². The van der Waals surface area contributed by atoms with Gasteiger partial charge in [0.05, 0.1) is 11.3 Å². The van der Waals surface area contributed by atoms with E-state index in [9.17, 15) is 4.79 Å². The third-order valence-electron chi connectivity index (χ3n) is 2.50. The van der Waals surface area contributed by atoms with Crippen LogP contribution in [0.15, 0.2) is 23.7 Å². The number of hydrogen-bond acceptors (Lipinski definition) is 6. The summed E-state index contributed by atoms with van der Waals surface area (Å²) in [5.41, 5.74) is 2.90. The second-order valence-corrected chi connectivity index (χ2v) is 4.49.